The summed E-state index contributed by atoms with van der Waals surface area (Å²) >= 11 is 1.06. The third-order valence-corrected chi connectivity index (χ3v) is 7.66. The molecule has 4 N–H and O–H groups in total. The molecule has 156 valence electrons. The summed E-state index contributed by atoms with van der Waals surface area (Å²) < 4.78 is 27.2. The number of amides is 3. The molecule has 29 heavy (non-hydrogen) atoms. The summed E-state index contributed by atoms with van der Waals surface area (Å²) in [6, 6.07) is 9.73. The number of aryl methyl sites for hydroxylation is 1. The minimum absolute atomic E-state index is 0.0161. The zero-order valence-electron chi connectivity index (χ0n) is 15.9. The molecule has 0 spiro atoms. The maximum Gasteiger partial charge on any atom is 0.323 e. The Morgan fingerprint density at radius 3 is 2.55 bits per heavy atom. The van der Waals surface area contributed by atoms with Crippen LogP contribution in [0.3, 0.4) is 0 Å². The Morgan fingerprint density at radius 2 is 1.93 bits per heavy atom. The molecular formula is C18H23N5O4S2. The molecule has 0 aliphatic carbocycles. The summed E-state index contributed by atoms with van der Waals surface area (Å²) in [4.78, 5) is 26.8. The largest absolute Gasteiger partial charge is 0.352 e. The van der Waals surface area contributed by atoms with Gasteiger partial charge in [-0.3, -0.25) is 9.69 Å². The molecule has 9 nitrogen and oxygen atoms in total. The minimum atomic E-state index is -3.92. The van der Waals surface area contributed by atoms with Crippen LogP contribution in [0, 0.1) is 6.92 Å². The molecule has 1 unspecified atom stereocenters. The quantitative estimate of drug-likeness (QED) is 0.622. The van der Waals surface area contributed by atoms with Crippen molar-refractivity contribution in [1.82, 2.24) is 14.5 Å². The number of benzene rings is 1. The van der Waals surface area contributed by atoms with Gasteiger partial charge in [0.1, 0.15) is 4.21 Å². The Hall–Kier alpha value is -2.47. The topological polar surface area (TPSA) is 125 Å². The fourth-order valence-electron chi connectivity index (χ4n) is 2.99. The van der Waals surface area contributed by atoms with E-state index in [4.69, 9.17) is 5.73 Å². The van der Waals surface area contributed by atoms with E-state index in [1.807, 2.05) is 19.1 Å². The molecule has 2 aromatic rings. The highest BCUT2D eigenvalue weighted by Crippen LogP contribution is 2.28. The Bertz CT molecular complexity index is 961. The lowest BCUT2D eigenvalue weighted by Crippen LogP contribution is -2.55. The van der Waals surface area contributed by atoms with E-state index in [0.29, 0.717) is 5.69 Å². The van der Waals surface area contributed by atoms with Crippen molar-refractivity contribution in [3.05, 3.63) is 47.3 Å². The number of carbonyl (C=O) groups excluding carboxylic acids is 2. The third kappa shape index (κ3) is 4.58. The highest BCUT2D eigenvalue weighted by molar-refractivity contribution is 7.91. The van der Waals surface area contributed by atoms with E-state index in [0.717, 1.165) is 21.2 Å². The minimum Gasteiger partial charge on any atom is -0.352 e. The van der Waals surface area contributed by atoms with Gasteiger partial charge in [-0.2, -0.15) is 4.31 Å². The van der Waals surface area contributed by atoms with Crippen LogP contribution < -0.4 is 16.4 Å². The Kier molecular flexibility index (Phi) is 6.52. The fraction of sp³-hybridized carbons (Fsp3) is 0.333. The van der Waals surface area contributed by atoms with E-state index in [9.17, 15) is 18.0 Å². The lowest BCUT2D eigenvalue weighted by Gasteiger charge is -2.28. The van der Waals surface area contributed by atoms with Crippen LogP contribution in [0.5, 0.6) is 0 Å². The van der Waals surface area contributed by atoms with Gasteiger partial charge in [-0.25, -0.2) is 13.2 Å². The Balaban J connectivity index is 1.86. The van der Waals surface area contributed by atoms with Crippen LogP contribution in [0.25, 0.3) is 0 Å². The summed E-state index contributed by atoms with van der Waals surface area (Å²) in [5.74, 6) is -0.591. The van der Waals surface area contributed by atoms with E-state index < -0.39 is 28.1 Å². The number of carbonyl (C=O) groups is 2. The van der Waals surface area contributed by atoms with Crippen molar-refractivity contribution in [3.63, 3.8) is 0 Å². The van der Waals surface area contributed by atoms with E-state index in [-0.39, 0.29) is 30.4 Å². The number of sulfonamides is 1. The van der Waals surface area contributed by atoms with E-state index in [2.05, 4.69) is 10.6 Å². The predicted molar refractivity (Wildman–Crippen MR) is 111 cm³/mol. The van der Waals surface area contributed by atoms with Crippen molar-refractivity contribution < 1.29 is 18.0 Å². The maximum atomic E-state index is 13.0. The molecule has 1 aliphatic rings. The van der Waals surface area contributed by atoms with Crippen LogP contribution in [-0.4, -0.2) is 61.9 Å². The van der Waals surface area contributed by atoms with Gasteiger partial charge in [-0.1, -0.05) is 23.8 Å². The Labute approximate surface area is 173 Å². The standard InChI is InChI=1S/C18H23N5O4S2/c1-13-4-6-14(7-5-13)21-18(25)22-10-11-23(17(22)16(24)20-9-8-19)29(26,27)15-3-2-12-28-15/h2-7,12,17H,8-11,19H2,1H3,(H,20,24)(H,21,25). The number of nitrogens with zero attached hydrogens (tertiary/aromatic N) is 2. The van der Waals surface area contributed by atoms with E-state index in [1.165, 1.54) is 11.0 Å². The molecule has 3 rings (SSSR count). The molecule has 1 fully saturated rings. The summed E-state index contributed by atoms with van der Waals surface area (Å²) in [5.41, 5.74) is 7.04. The van der Waals surface area contributed by atoms with Crippen molar-refractivity contribution >= 4 is 39.0 Å². The van der Waals surface area contributed by atoms with Crippen molar-refractivity contribution in [1.29, 1.82) is 0 Å². The monoisotopic (exact) mass is 437 g/mol. The molecule has 1 saturated heterocycles. The van der Waals surface area contributed by atoms with Crippen molar-refractivity contribution in [2.45, 2.75) is 17.3 Å². The first-order valence-corrected chi connectivity index (χ1v) is 11.3. The third-order valence-electron chi connectivity index (χ3n) is 4.43. The normalized spacial score (nSPS) is 17.3. The lowest BCUT2D eigenvalue weighted by molar-refractivity contribution is -0.127. The first kappa shape index (κ1) is 21.2. The van der Waals surface area contributed by atoms with Crippen LogP contribution in [0.1, 0.15) is 5.56 Å². The van der Waals surface area contributed by atoms with E-state index >= 15 is 0 Å². The van der Waals surface area contributed by atoms with Crippen molar-refractivity contribution in [2.75, 3.05) is 31.5 Å². The van der Waals surface area contributed by atoms with Crippen LogP contribution in [-0.2, 0) is 14.8 Å². The molecule has 0 bridgehead atoms. The maximum absolute atomic E-state index is 13.0. The van der Waals surface area contributed by atoms with Crippen LogP contribution in [0.4, 0.5) is 10.5 Å². The second kappa shape index (κ2) is 8.91. The van der Waals surface area contributed by atoms with Gasteiger partial charge in [0.2, 0.25) is 0 Å². The number of thiophene rings is 1. The fourth-order valence-corrected chi connectivity index (χ4v) is 5.65. The van der Waals surface area contributed by atoms with Gasteiger partial charge in [-0.15, -0.1) is 11.3 Å². The SMILES string of the molecule is Cc1ccc(NC(=O)N2CCN(S(=O)(=O)c3cccs3)C2C(=O)NCCN)cc1. The molecule has 1 aromatic carbocycles. The second-order valence-corrected chi connectivity index (χ2v) is 9.56. The highest BCUT2D eigenvalue weighted by atomic mass is 32.2. The summed E-state index contributed by atoms with van der Waals surface area (Å²) in [5, 5.41) is 6.96. The molecule has 11 heteroatoms. The Morgan fingerprint density at radius 1 is 1.21 bits per heavy atom. The molecule has 0 radical (unpaired) electrons. The van der Waals surface area contributed by atoms with Gasteiger partial charge in [0, 0.05) is 31.9 Å². The van der Waals surface area contributed by atoms with Gasteiger partial charge >= 0.3 is 6.03 Å². The van der Waals surface area contributed by atoms with Crippen LogP contribution in [0.2, 0.25) is 0 Å². The number of urea groups is 1. The zero-order chi connectivity index (χ0) is 21.0. The molecule has 3 amide bonds. The predicted octanol–water partition coefficient (Wildman–Crippen LogP) is 0.996. The second-order valence-electron chi connectivity index (χ2n) is 6.49. The smallest absolute Gasteiger partial charge is 0.323 e. The molecule has 1 aliphatic heterocycles. The number of nitrogens with one attached hydrogen (secondary N) is 2. The number of nitrogens with two attached hydrogens (primary N) is 1. The summed E-state index contributed by atoms with van der Waals surface area (Å²) in [7, 11) is -3.92. The molecule has 2 heterocycles. The lowest BCUT2D eigenvalue weighted by atomic mass is 10.2. The first-order valence-electron chi connectivity index (χ1n) is 9.02. The first-order chi connectivity index (χ1) is 13.8. The van der Waals surface area contributed by atoms with Crippen LogP contribution >= 0.6 is 11.3 Å². The number of anilines is 1. The molecule has 1 aromatic heterocycles. The van der Waals surface area contributed by atoms with E-state index in [1.54, 1.807) is 23.6 Å². The van der Waals surface area contributed by atoms with Crippen molar-refractivity contribution in [3.8, 4) is 0 Å². The van der Waals surface area contributed by atoms with Gasteiger partial charge < -0.3 is 16.4 Å². The summed E-state index contributed by atoms with van der Waals surface area (Å²) in [6.45, 7) is 2.41. The number of hydrogen-bond donors (Lipinski definition) is 3. The summed E-state index contributed by atoms with van der Waals surface area (Å²) in [6.07, 6.45) is -1.29. The van der Waals surface area contributed by atoms with Gasteiger partial charge in [0.15, 0.2) is 6.17 Å². The number of hydrogen-bond acceptors (Lipinski definition) is 6. The van der Waals surface area contributed by atoms with Gasteiger partial charge in [0.25, 0.3) is 15.9 Å². The van der Waals surface area contributed by atoms with Gasteiger partial charge in [0.05, 0.1) is 0 Å². The highest BCUT2D eigenvalue weighted by Gasteiger charge is 2.46. The van der Waals surface area contributed by atoms with Crippen LogP contribution in [0.15, 0.2) is 46.0 Å². The average Bonchev–Trinajstić information content (AvgIpc) is 3.38. The molecule has 1 atom stereocenters. The molecule has 0 saturated carbocycles. The zero-order valence-corrected chi connectivity index (χ0v) is 17.5. The molecular weight excluding hydrogens is 414 g/mol. The number of rotatable bonds is 6. The van der Waals surface area contributed by atoms with Crippen molar-refractivity contribution in [2.24, 2.45) is 5.73 Å². The van der Waals surface area contributed by atoms with Gasteiger partial charge in [-0.05, 0) is 30.5 Å². The average molecular weight is 438 g/mol.